The van der Waals surface area contributed by atoms with Crippen LogP contribution >= 0.6 is 0 Å². The van der Waals surface area contributed by atoms with Gasteiger partial charge in [0, 0.05) is 5.69 Å². The lowest BCUT2D eigenvalue weighted by Gasteiger charge is -2.08. The van der Waals surface area contributed by atoms with Gasteiger partial charge >= 0.3 is 6.01 Å². The second-order valence-electron chi connectivity index (χ2n) is 5.12. The summed E-state index contributed by atoms with van der Waals surface area (Å²) in [4.78, 5) is 0. The third kappa shape index (κ3) is 3.81. The average molecular weight is 274 g/mol. The van der Waals surface area contributed by atoms with Gasteiger partial charge in [-0.1, -0.05) is 18.1 Å². The zero-order valence-electron chi connectivity index (χ0n) is 12.5. The fourth-order valence-electron chi connectivity index (χ4n) is 2.08. The summed E-state index contributed by atoms with van der Waals surface area (Å²) in [6, 6.07) is 6.72. The molecule has 0 aliphatic carbocycles. The van der Waals surface area contributed by atoms with Crippen molar-refractivity contribution in [3.8, 4) is 0 Å². The Labute approximate surface area is 119 Å². The van der Waals surface area contributed by atoms with Crippen LogP contribution in [0.2, 0.25) is 0 Å². The summed E-state index contributed by atoms with van der Waals surface area (Å²) in [5.41, 5.74) is 3.36. The number of hydrogen-bond acceptors (Lipinski definition) is 5. The summed E-state index contributed by atoms with van der Waals surface area (Å²) >= 11 is 0. The first-order chi connectivity index (χ1) is 9.58. The number of rotatable bonds is 6. The van der Waals surface area contributed by atoms with Gasteiger partial charge < -0.3 is 15.1 Å². The normalized spacial score (nSPS) is 12.4. The topological polar surface area (TPSA) is 63.0 Å². The van der Waals surface area contributed by atoms with E-state index < -0.39 is 0 Å². The molecule has 0 saturated heterocycles. The van der Waals surface area contributed by atoms with E-state index in [4.69, 9.17) is 4.42 Å². The van der Waals surface area contributed by atoms with Crippen molar-refractivity contribution in [3.63, 3.8) is 0 Å². The Morgan fingerprint density at radius 1 is 1.15 bits per heavy atom. The van der Waals surface area contributed by atoms with Crippen LogP contribution in [0.3, 0.4) is 0 Å². The number of hydrogen-bond donors (Lipinski definition) is 2. The van der Waals surface area contributed by atoms with Gasteiger partial charge in [-0.3, -0.25) is 0 Å². The highest BCUT2D eigenvalue weighted by Gasteiger charge is 2.13. The molecule has 0 aliphatic rings. The number of nitrogens with one attached hydrogen (secondary N) is 2. The van der Waals surface area contributed by atoms with Crippen molar-refractivity contribution in [1.82, 2.24) is 15.5 Å². The highest BCUT2D eigenvalue weighted by Crippen LogP contribution is 2.20. The molecule has 5 heteroatoms. The molecule has 0 spiro atoms. The second kappa shape index (κ2) is 6.52. The first kappa shape index (κ1) is 14.5. The summed E-state index contributed by atoms with van der Waals surface area (Å²) in [5.74, 6) is 0.602. The van der Waals surface area contributed by atoms with Crippen molar-refractivity contribution < 1.29 is 4.42 Å². The van der Waals surface area contributed by atoms with E-state index in [1.165, 1.54) is 11.1 Å². The molecule has 1 aromatic carbocycles. The minimum atomic E-state index is 0.0669. The third-order valence-corrected chi connectivity index (χ3v) is 2.98. The number of aromatic nitrogens is 2. The minimum Gasteiger partial charge on any atom is -0.406 e. The van der Waals surface area contributed by atoms with Crippen molar-refractivity contribution in [1.29, 1.82) is 0 Å². The summed E-state index contributed by atoms with van der Waals surface area (Å²) in [6.07, 6.45) is 1.08. The molecule has 108 valence electrons. The maximum atomic E-state index is 5.63. The fraction of sp³-hybridized carbons (Fsp3) is 0.467. The first-order valence-electron chi connectivity index (χ1n) is 7.00. The molecule has 1 aromatic heterocycles. The molecule has 0 bridgehead atoms. The first-order valence-corrected chi connectivity index (χ1v) is 7.00. The summed E-state index contributed by atoms with van der Waals surface area (Å²) < 4.78 is 5.63. The lowest BCUT2D eigenvalue weighted by molar-refractivity contribution is 0.424. The molecule has 0 aliphatic heterocycles. The Kier molecular flexibility index (Phi) is 4.74. The molecule has 0 saturated carbocycles. The zero-order chi connectivity index (χ0) is 14.5. The number of nitrogens with zero attached hydrogens (tertiary/aromatic N) is 2. The van der Waals surface area contributed by atoms with Crippen LogP contribution in [0.15, 0.2) is 22.6 Å². The molecule has 2 N–H and O–H groups in total. The zero-order valence-corrected chi connectivity index (χ0v) is 12.5. The van der Waals surface area contributed by atoms with Crippen LogP contribution in [-0.2, 0) is 0 Å². The van der Waals surface area contributed by atoms with Gasteiger partial charge in [-0.25, -0.2) is 0 Å². The van der Waals surface area contributed by atoms with E-state index in [9.17, 15) is 0 Å². The van der Waals surface area contributed by atoms with Crippen LogP contribution in [0.5, 0.6) is 0 Å². The Hall–Kier alpha value is -1.88. The molecule has 2 rings (SSSR count). The predicted molar refractivity (Wildman–Crippen MR) is 80.2 cm³/mol. The molecule has 1 unspecified atom stereocenters. The Morgan fingerprint density at radius 2 is 1.85 bits per heavy atom. The quantitative estimate of drug-likeness (QED) is 0.844. The summed E-state index contributed by atoms with van der Waals surface area (Å²) in [7, 11) is 0. The van der Waals surface area contributed by atoms with Crippen LogP contribution in [0.4, 0.5) is 11.7 Å². The van der Waals surface area contributed by atoms with Gasteiger partial charge in [-0.2, -0.15) is 0 Å². The molecule has 0 fully saturated rings. The molecule has 1 atom stereocenters. The molecule has 5 nitrogen and oxygen atoms in total. The van der Waals surface area contributed by atoms with E-state index in [-0.39, 0.29) is 6.04 Å². The lowest BCUT2D eigenvalue weighted by Crippen LogP contribution is -2.19. The van der Waals surface area contributed by atoms with Crippen LogP contribution < -0.4 is 10.6 Å². The lowest BCUT2D eigenvalue weighted by atomic mass is 10.1. The third-order valence-electron chi connectivity index (χ3n) is 2.98. The molecular formula is C15H22N4O. The number of benzene rings is 1. The van der Waals surface area contributed by atoms with E-state index in [1.54, 1.807) is 0 Å². The van der Waals surface area contributed by atoms with Gasteiger partial charge in [0.1, 0.15) is 0 Å². The monoisotopic (exact) mass is 274 g/mol. The molecule has 0 radical (unpaired) electrons. The van der Waals surface area contributed by atoms with Crippen molar-refractivity contribution in [3.05, 3.63) is 35.2 Å². The summed E-state index contributed by atoms with van der Waals surface area (Å²) in [5, 5.41) is 14.6. The van der Waals surface area contributed by atoms with E-state index in [2.05, 4.69) is 59.8 Å². The highest BCUT2D eigenvalue weighted by molar-refractivity contribution is 5.54. The van der Waals surface area contributed by atoms with Gasteiger partial charge in [-0.05, 0) is 57.0 Å². The largest absolute Gasteiger partial charge is 0.406 e. The van der Waals surface area contributed by atoms with E-state index in [0.717, 1.165) is 18.7 Å². The van der Waals surface area contributed by atoms with Crippen molar-refractivity contribution in [2.24, 2.45) is 0 Å². The maximum Gasteiger partial charge on any atom is 0.320 e. The van der Waals surface area contributed by atoms with Gasteiger partial charge in [0.15, 0.2) is 0 Å². The van der Waals surface area contributed by atoms with Gasteiger partial charge in [-0.15, -0.1) is 5.10 Å². The Bertz CT molecular complexity index is 545. The van der Waals surface area contributed by atoms with Crippen molar-refractivity contribution >= 4 is 11.7 Å². The highest BCUT2D eigenvalue weighted by atomic mass is 16.4. The van der Waals surface area contributed by atoms with Crippen molar-refractivity contribution in [2.75, 3.05) is 11.9 Å². The molecular weight excluding hydrogens is 252 g/mol. The predicted octanol–water partition coefficient (Wildman–Crippen LogP) is 3.49. The van der Waals surface area contributed by atoms with Gasteiger partial charge in [0.2, 0.25) is 5.89 Å². The Morgan fingerprint density at radius 3 is 2.50 bits per heavy atom. The molecule has 1 heterocycles. The smallest absolute Gasteiger partial charge is 0.320 e. The van der Waals surface area contributed by atoms with Gasteiger partial charge in [0.05, 0.1) is 6.04 Å². The summed E-state index contributed by atoms with van der Waals surface area (Å²) in [6.45, 7) is 9.20. The minimum absolute atomic E-state index is 0.0669. The SMILES string of the molecule is CCCNC(C)c1nnc(Nc2cc(C)cc(C)c2)o1. The molecule has 0 amide bonds. The Balaban J connectivity index is 2.05. The van der Waals surface area contributed by atoms with Crippen LogP contribution in [0.25, 0.3) is 0 Å². The van der Waals surface area contributed by atoms with Crippen LogP contribution in [0.1, 0.15) is 43.3 Å². The standard InChI is InChI=1S/C15H22N4O/c1-5-6-16-12(4)14-18-19-15(20-14)17-13-8-10(2)7-11(3)9-13/h7-9,12,16H,5-6H2,1-4H3,(H,17,19). The molecule has 2 aromatic rings. The average Bonchev–Trinajstić information content (AvgIpc) is 2.83. The second-order valence-corrected chi connectivity index (χ2v) is 5.12. The number of aryl methyl sites for hydroxylation is 2. The van der Waals surface area contributed by atoms with Gasteiger partial charge in [0.25, 0.3) is 0 Å². The fourth-order valence-corrected chi connectivity index (χ4v) is 2.08. The van der Waals surface area contributed by atoms with E-state index in [1.807, 2.05) is 6.92 Å². The van der Waals surface area contributed by atoms with E-state index in [0.29, 0.717) is 11.9 Å². The van der Waals surface area contributed by atoms with Crippen LogP contribution in [-0.4, -0.2) is 16.7 Å². The maximum absolute atomic E-state index is 5.63. The molecule has 20 heavy (non-hydrogen) atoms. The van der Waals surface area contributed by atoms with Crippen LogP contribution in [0, 0.1) is 13.8 Å². The number of anilines is 2. The van der Waals surface area contributed by atoms with Crippen molar-refractivity contribution in [2.45, 2.75) is 40.2 Å². The van der Waals surface area contributed by atoms with E-state index >= 15 is 0 Å².